The second kappa shape index (κ2) is 6.62. The third-order valence-electron chi connectivity index (χ3n) is 1.35. The molecular formula is C8H14N2O2. The molecule has 0 aromatic heterocycles. The van der Waals surface area contributed by atoms with E-state index in [2.05, 4.69) is 5.32 Å². The average Bonchev–Trinajstić information content (AvgIpc) is 2.01. The molecule has 1 atom stereocenters. The van der Waals surface area contributed by atoms with Crippen LogP contribution in [0.15, 0.2) is 0 Å². The molecule has 2 N–H and O–H groups in total. The van der Waals surface area contributed by atoms with Crippen molar-refractivity contribution in [1.82, 2.24) is 5.32 Å². The van der Waals surface area contributed by atoms with Crippen molar-refractivity contribution in [2.45, 2.75) is 32.3 Å². The van der Waals surface area contributed by atoms with Gasteiger partial charge in [0.2, 0.25) is 5.91 Å². The number of amides is 1. The molecular weight excluding hydrogens is 156 g/mol. The number of carbonyl (C=O) groups is 1. The molecule has 0 aliphatic carbocycles. The van der Waals surface area contributed by atoms with Crippen molar-refractivity contribution in [2.24, 2.45) is 0 Å². The molecule has 1 amide bonds. The van der Waals surface area contributed by atoms with Crippen LogP contribution in [-0.4, -0.2) is 23.7 Å². The number of aliphatic hydroxyl groups is 1. The first-order valence-corrected chi connectivity index (χ1v) is 3.98. The molecule has 12 heavy (non-hydrogen) atoms. The fraction of sp³-hybridized carbons (Fsp3) is 0.750. The van der Waals surface area contributed by atoms with Crippen molar-refractivity contribution < 1.29 is 9.90 Å². The van der Waals surface area contributed by atoms with E-state index in [0.717, 1.165) is 0 Å². The summed E-state index contributed by atoms with van der Waals surface area (Å²) in [5.41, 5.74) is 0. The van der Waals surface area contributed by atoms with Crippen molar-refractivity contribution >= 4 is 5.91 Å². The largest absolute Gasteiger partial charge is 0.393 e. The van der Waals surface area contributed by atoms with E-state index < -0.39 is 6.10 Å². The van der Waals surface area contributed by atoms with Crippen molar-refractivity contribution in [2.75, 3.05) is 6.54 Å². The number of nitriles is 1. The van der Waals surface area contributed by atoms with Gasteiger partial charge in [0, 0.05) is 13.0 Å². The monoisotopic (exact) mass is 170 g/mol. The van der Waals surface area contributed by atoms with Crippen LogP contribution in [0.25, 0.3) is 0 Å². The summed E-state index contributed by atoms with van der Waals surface area (Å²) in [5.74, 6) is -0.105. The fourth-order valence-corrected chi connectivity index (χ4v) is 0.686. The first kappa shape index (κ1) is 10.9. The molecule has 0 aromatic carbocycles. The Morgan fingerprint density at radius 2 is 2.42 bits per heavy atom. The minimum absolute atomic E-state index is 0.105. The Labute approximate surface area is 72.2 Å². The first-order chi connectivity index (χ1) is 5.66. The van der Waals surface area contributed by atoms with E-state index in [0.29, 0.717) is 25.8 Å². The Morgan fingerprint density at radius 3 is 2.92 bits per heavy atom. The highest BCUT2D eigenvalue weighted by Gasteiger charge is 2.02. The van der Waals surface area contributed by atoms with Gasteiger partial charge in [-0.2, -0.15) is 5.26 Å². The zero-order chi connectivity index (χ0) is 9.40. The molecule has 0 aromatic rings. The molecule has 0 spiro atoms. The van der Waals surface area contributed by atoms with Crippen LogP contribution in [0.4, 0.5) is 0 Å². The van der Waals surface area contributed by atoms with Gasteiger partial charge in [0.25, 0.3) is 0 Å². The van der Waals surface area contributed by atoms with Gasteiger partial charge in [-0.3, -0.25) is 4.79 Å². The first-order valence-electron chi connectivity index (χ1n) is 3.98. The summed E-state index contributed by atoms with van der Waals surface area (Å²) in [5, 5.41) is 19.6. The van der Waals surface area contributed by atoms with E-state index >= 15 is 0 Å². The maximum Gasteiger partial charge on any atom is 0.220 e. The SMILES string of the molecule is CC(O)CCC(=O)NCCC#N. The van der Waals surface area contributed by atoms with Gasteiger partial charge in [-0.25, -0.2) is 0 Å². The lowest BCUT2D eigenvalue weighted by Crippen LogP contribution is -2.24. The van der Waals surface area contributed by atoms with Crippen LogP contribution in [0.5, 0.6) is 0 Å². The van der Waals surface area contributed by atoms with E-state index in [1.54, 1.807) is 6.92 Å². The lowest BCUT2D eigenvalue weighted by molar-refractivity contribution is -0.121. The molecule has 68 valence electrons. The lowest BCUT2D eigenvalue weighted by Gasteiger charge is -2.03. The van der Waals surface area contributed by atoms with Gasteiger partial charge in [-0.15, -0.1) is 0 Å². The van der Waals surface area contributed by atoms with Gasteiger partial charge in [0.05, 0.1) is 18.6 Å². The summed E-state index contributed by atoms with van der Waals surface area (Å²) >= 11 is 0. The second-order valence-electron chi connectivity index (χ2n) is 2.65. The minimum Gasteiger partial charge on any atom is -0.393 e. The van der Waals surface area contributed by atoms with E-state index in [4.69, 9.17) is 10.4 Å². The summed E-state index contributed by atoms with van der Waals surface area (Å²) in [6, 6.07) is 1.92. The third kappa shape index (κ3) is 7.03. The number of hydrogen-bond acceptors (Lipinski definition) is 3. The molecule has 0 bridgehead atoms. The van der Waals surface area contributed by atoms with Crippen LogP contribution in [-0.2, 0) is 4.79 Å². The molecule has 1 unspecified atom stereocenters. The standard InChI is InChI=1S/C8H14N2O2/c1-7(11)3-4-8(12)10-6-2-5-9/h7,11H,2-4,6H2,1H3,(H,10,12). The van der Waals surface area contributed by atoms with Crippen LogP contribution >= 0.6 is 0 Å². The normalized spacial score (nSPS) is 11.8. The van der Waals surface area contributed by atoms with Crippen LogP contribution in [0.3, 0.4) is 0 Å². The minimum atomic E-state index is -0.438. The summed E-state index contributed by atoms with van der Waals surface area (Å²) in [6.07, 6.45) is 0.689. The summed E-state index contributed by atoms with van der Waals surface area (Å²) in [6.45, 7) is 2.04. The molecule has 0 aliphatic rings. The van der Waals surface area contributed by atoms with Gasteiger partial charge >= 0.3 is 0 Å². The Kier molecular flexibility index (Phi) is 6.02. The molecule has 0 rings (SSSR count). The highest BCUT2D eigenvalue weighted by Crippen LogP contribution is 1.94. The number of aliphatic hydroxyl groups excluding tert-OH is 1. The summed E-state index contributed by atoms with van der Waals surface area (Å²) in [7, 11) is 0. The average molecular weight is 170 g/mol. The zero-order valence-corrected chi connectivity index (χ0v) is 7.21. The van der Waals surface area contributed by atoms with E-state index in [-0.39, 0.29) is 5.91 Å². The van der Waals surface area contributed by atoms with E-state index in [1.807, 2.05) is 6.07 Å². The Balaban J connectivity index is 3.29. The topological polar surface area (TPSA) is 73.1 Å². The molecule has 0 saturated heterocycles. The van der Waals surface area contributed by atoms with Crippen molar-refractivity contribution in [3.63, 3.8) is 0 Å². The molecule has 0 aliphatic heterocycles. The fourth-order valence-electron chi connectivity index (χ4n) is 0.686. The van der Waals surface area contributed by atoms with Gasteiger partial charge in [0.1, 0.15) is 0 Å². The van der Waals surface area contributed by atoms with Crippen LogP contribution in [0.2, 0.25) is 0 Å². The summed E-state index contributed by atoms with van der Waals surface area (Å²) in [4.78, 5) is 10.9. The summed E-state index contributed by atoms with van der Waals surface area (Å²) < 4.78 is 0. The molecule has 0 radical (unpaired) electrons. The van der Waals surface area contributed by atoms with Crippen LogP contribution < -0.4 is 5.32 Å². The van der Waals surface area contributed by atoms with E-state index in [1.165, 1.54) is 0 Å². The van der Waals surface area contributed by atoms with Gasteiger partial charge in [0.15, 0.2) is 0 Å². The van der Waals surface area contributed by atoms with Crippen molar-refractivity contribution in [3.8, 4) is 6.07 Å². The second-order valence-corrected chi connectivity index (χ2v) is 2.65. The van der Waals surface area contributed by atoms with Crippen LogP contribution in [0, 0.1) is 11.3 Å². The Hall–Kier alpha value is -1.08. The zero-order valence-electron chi connectivity index (χ0n) is 7.21. The predicted molar refractivity (Wildman–Crippen MR) is 44.2 cm³/mol. The van der Waals surface area contributed by atoms with Gasteiger partial charge in [-0.05, 0) is 13.3 Å². The number of nitrogens with zero attached hydrogens (tertiary/aromatic N) is 1. The Morgan fingerprint density at radius 1 is 1.75 bits per heavy atom. The number of hydrogen-bond donors (Lipinski definition) is 2. The highest BCUT2D eigenvalue weighted by atomic mass is 16.3. The smallest absolute Gasteiger partial charge is 0.220 e. The number of nitrogens with one attached hydrogen (secondary N) is 1. The van der Waals surface area contributed by atoms with Gasteiger partial charge in [-0.1, -0.05) is 0 Å². The quantitative estimate of drug-likeness (QED) is 0.578. The van der Waals surface area contributed by atoms with Crippen molar-refractivity contribution in [1.29, 1.82) is 5.26 Å². The predicted octanol–water partition coefficient (Wildman–Crippen LogP) is 0.177. The number of rotatable bonds is 5. The molecule has 4 heteroatoms. The number of carbonyl (C=O) groups excluding carboxylic acids is 1. The maximum atomic E-state index is 10.9. The Bertz CT molecular complexity index is 172. The maximum absolute atomic E-state index is 10.9. The molecule has 0 heterocycles. The highest BCUT2D eigenvalue weighted by molar-refractivity contribution is 5.75. The third-order valence-corrected chi connectivity index (χ3v) is 1.35. The molecule has 4 nitrogen and oxygen atoms in total. The van der Waals surface area contributed by atoms with Crippen LogP contribution in [0.1, 0.15) is 26.2 Å². The lowest BCUT2D eigenvalue weighted by atomic mass is 10.2. The van der Waals surface area contributed by atoms with E-state index in [9.17, 15) is 4.79 Å². The molecule has 0 saturated carbocycles. The molecule has 0 fully saturated rings. The van der Waals surface area contributed by atoms with Crippen molar-refractivity contribution in [3.05, 3.63) is 0 Å². The van der Waals surface area contributed by atoms with Gasteiger partial charge < -0.3 is 10.4 Å².